The number of ether oxygens (including phenoxy) is 1. The number of hydrogen-bond acceptors (Lipinski definition) is 4. The summed E-state index contributed by atoms with van der Waals surface area (Å²) in [5.74, 6) is -0.276. The largest absolute Gasteiger partial charge is 0.383 e. The van der Waals surface area contributed by atoms with Crippen LogP contribution in [0.4, 0.5) is 0 Å². The van der Waals surface area contributed by atoms with Crippen molar-refractivity contribution in [3.8, 4) is 0 Å². The first kappa shape index (κ1) is 20.1. The predicted molar refractivity (Wildman–Crippen MR) is 109 cm³/mol. The van der Waals surface area contributed by atoms with Crippen LogP contribution < -0.4 is 5.32 Å². The van der Waals surface area contributed by atoms with Gasteiger partial charge >= 0.3 is 0 Å². The Morgan fingerprint density at radius 2 is 1.82 bits per heavy atom. The minimum Gasteiger partial charge on any atom is -0.383 e. The number of fused-ring (bicyclic) bond motifs is 1. The third kappa shape index (κ3) is 4.61. The summed E-state index contributed by atoms with van der Waals surface area (Å²) in [5.41, 5.74) is 2.53. The summed E-state index contributed by atoms with van der Waals surface area (Å²) in [6, 6.07) is 14.7. The fourth-order valence-corrected chi connectivity index (χ4v) is 4.66. The Balaban J connectivity index is 1.90. The summed E-state index contributed by atoms with van der Waals surface area (Å²) in [5, 5.41) is 3.38. The molecule has 3 rings (SSSR count). The smallest absolute Gasteiger partial charge is 0.240 e. The molecule has 0 saturated heterocycles. The molecule has 0 fully saturated rings. The number of aromatic nitrogens is 1. The zero-order chi connectivity index (χ0) is 20.1. The van der Waals surface area contributed by atoms with Crippen molar-refractivity contribution in [3.63, 3.8) is 0 Å². The topological polar surface area (TPSA) is 77.4 Å². The van der Waals surface area contributed by atoms with Gasteiger partial charge in [-0.05, 0) is 18.6 Å². The minimum absolute atomic E-state index is 0.0459. The molecule has 148 valence electrons. The van der Waals surface area contributed by atoms with Crippen LogP contribution in [-0.2, 0) is 31.7 Å². The van der Waals surface area contributed by atoms with Crippen LogP contribution in [0.2, 0.25) is 0 Å². The van der Waals surface area contributed by atoms with E-state index in [4.69, 9.17) is 4.74 Å². The molecule has 6 nitrogen and oxygen atoms in total. The molecular weight excluding hydrogens is 376 g/mol. The number of nitrogens with zero attached hydrogens (tertiary/aromatic N) is 1. The lowest BCUT2D eigenvalue weighted by Gasteiger charge is -2.06. The van der Waals surface area contributed by atoms with Crippen molar-refractivity contribution >= 4 is 26.6 Å². The van der Waals surface area contributed by atoms with Crippen LogP contribution in [0.3, 0.4) is 0 Å². The van der Waals surface area contributed by atoms with Gasteiger partial charge in [-0.3, -0.25) is 4.79 Å². The number of carbonyl (C=O) groups is 1. The van der Waals surface area contributed by atoms with Crippen LogP contribution in [0, 0.1) is 6.92 Å². The molecule has 1 aromatic heterocycles. The monoisotopic (exact) mass is 400 g/mol. The van der Waals surface area contributed by atoms with Crippen LogP contribution in [0.1, 0.15) is 11.1 Å². The van der Waals surface area contributed by atoms with Gasteiger partial charge in [0.25, 0.3) is 0 Å². The number of sulfone groups is 1. The van der Waals surface area contributed by atoms with E-state index in [-0.39, 0.29) is 23.1 Å². The van der Waals surface area contributed by atoms with Gasteiger partial charge in [0.15, 0.2) is 9.84 Å². The van der Waals surface area contributed by atoms with E-state index in [1.807, 2.05) is 43.3 Å². The Kier molecular flexibility index (Phi) is 6.16. The van der Waals surface area contributed by atoms with Crippen molar-refractivity contribution in [1.29, 1.82) is 0 Å². The predicted octanol–water partition coefficient (Wildman–Crippen LogP) is 2.69. The highest BCUT2D eigenvalue weighted by atomic mass is 32.2. The lowest BCUT2D eigenvalue weighted by atomic mass is 10.2. The fraction of sp³-hybridized carbons (Fsp3) is 0.286. The minimum atomic E-state index is -3.56. The molecule has 0 aliphatic carbocycles. The maximum absolute atomic E-state index is 13.1. The quantitative estimate of drug-likeness (QED) is 0.590. The van der Waals surface area contributed by atoms with Crippen LogP contribution >= 0.6 is 0 Å². The van der Waals surface area contributed by atoms with Crippen molar-refractivity contribution in [2.75, 3.05) is 20.3 Å². The molecule has 1 N–H and O–H groups in total. The average molecular weight is 401 g/mol. The Labute approximate surface area is 165 Å². The van der Waals surface area contributed by atoms with Crippen LogP contribution in [0.5, 0.6) is 0 Å². The van der Waals surface area contributed by atoms with Crippen molar-refractivity contribution in [1.82, 2.24) is 9.88 Å². The molecule has 0 unspecified atom stereocenters. The molecule has 0 aliphatic heterocycles. The van der Waals surface area contributed by atoms with Gasteiger partial charge in [0, 0.05) is 30.8 Å². The Morgan fingerprint density at radius 3 is 2.54 bits per heavy atom. The number of rotatable bonds is 8. The number of hydrogen-bond donors (Lipinski definition) is 1. The zero-order valence-electron chi connectivity index (χ0n) is 16.0. The summed E-state index contributed by atoms with van der Waals surface area (Å²) < 4.78 is 32.8. The maximum atomic E-state index is 13.1. The first-order valence-electron chi connectivity index (χ1n) is 9.02. The van der Waals surface area contributed by atoms with Crippen LogP contribution in [0.15, 0.2) is 59.6 Å². The van der Waals surface area contributed by atoms with E-state index in [2.05, 4.69) is 5.32 Å². The van der Waals surface area contributed by atoms with Crippen molar-refractivity contribution in [2.45, 2.75) is 24.1 Å². The third-order valence-electron chi connectivity index (χ3n) is 4.51. The highest BCUT2D eigenvalue weighted by Crippen LogP contribution is 2.28. The van der Waals surface area contributed by atoms with E-state index in [0.29, 0.717) is 24.1 Å². The van der Waals surface area contributed by atoms with E-state index < -0.39 is 9.84 Å². The second kappa shape index (κ2) is 8.58. The van der Waals surface area contributed by atoms with E-state index >= 15 is 0 Å². The second-order valence-electron chi connectivity index (χ2n) is 6.73. The summed E-state index contributed by atoms with van der Waals surface area (Å²) >= 11 is 0. The number of nitrogens with one attached hydrogen (secondary N) is 1. The third-order valence-corrected chi connectivity index (χ3v) is 6.22. The number of para-hydroxylation sites is 1. The van der Waals surface area contributed by atoms with Gasteiger partial charge < -0.3 is 14.6 Å². The molecule has 3 aromatic rings. The van der Waals surface area contributed by atoms with Gasteiger partial charge in [0.05, 0.1) is 17.3 Å². The molecule has 0 atom stereocenters. The molecule has 0 saturated carbocycles. The summed E-state index contributed by atoms with van der Waals surface area (Å²) in [6.07, 6.45) is 1.56. The zero-order valence-corrected chi connectivity index (χ0v) is 16.8. The molecular formula is C21H24N2O4S. The molecule has 28 heavy (non-hydrogen) atoms. The van der Waals surface area contributed by atoms with Gasteiger partial charge in [0.1, 0.15) is 6.54 Å². The molecule has 0 radical (unpaired) electrons. The second-order valence-corrected chi connectivity index (χ2v) is 8.68. The van der Waals surface area contributed by atoms with Crippen LogP contribution in [-0.4, -0.2) is 39.2 Å². The molecule has 0 aliphatic rings. The lowest BCUT2D eigenvalue weighted by Crippen LogP contribution is -2.30. The summed E-state index contributed by atoms with van der Waals surface area (Å²) in [4.78, 5) is 12.4. The van der Waals surface area contributed by atoms with Crippen molar-refractivity contribution < 1.29 is 17.9 Å². The molecule has 1 heterocycles. The number of carbonyl (C=O) groups excluding carboxylic acids is 1. The van der Waals surface area contributed by atoms with Gasteiger partial charge in [-0.1, -0.05) is 48.0 Å². The summed E-state index contributed by atoms with van der Waals surface area (Å²) in [7, 11) is -1.99. The van der Waals surface area contributed by atoms with Gasteiger partial charge in [-0.15, -0.1) is 0 Å². The van der Waals surface area contributed by atoms with E-state index in [1.165, 1.54) is 0 Å². The molecule has 0 spiro atoms. The number of aryl methyl sites for hydroxylation is 1. The molecule has 7 heteroatoms. The number of methoxy groups -OCH3 is 1. The Bertz CT molecular complexity index is 1070. The lowest BCUT2D eigenvalue weighted by molar-refractivity contribution is -0.121. The SMILES string of the molecule is COCCNC(=O)Cn1cc(S(=O)(=O)Cc2ccc(C)cc2)c2ccccc21. The first-order valence-corrected chi connectivity index (χ1v) is 10.7. The normalized spacial score (nSPS) is 11.6. The first-order chi connectivity index (χ1) is 13.4. The van der Waals surface area contributed by atoms with E-state index in [1.54, 1.807) is 30.0 Å². The van der Waals surface area contributed by atoms with Crippen molar-refractivity contribution in [2.24, 2.45) is 0 Å². The van der Waals surface area contributed by atoms with E-state index in [0.717, 1.165) is 11.1 Å². The summed E-state index contributed by atoms with van der Waals surface area (Å²) in [6.45, 7) is 2.84. The van der Waals surface area contributed by atoms with Gasteiger partial charge in [-0.2, -0.15) is 0 Å². The standard InChI is InChI=1S/C21H24N2O4S/c1-16-7-9-17(10-8-16)15-28(25,26)20-13-23(14-21(24)22-11-12-27-2)19-6-4-3-5-18(19)20/h3-10,13H,11-12,14-15H2,1-2H3,(H,22,24). The average Bonchev–Trinajstić information content (AvgIpc) is 3.03. The number of amides is 1. The van der Waals surface area contributed by atoms with Crippen LogP contribution in [0.25, 0.3) is 10.9 Å². The molecule has 0 bridgehead atoms. The van der Waals surface area contributed by atoms with E-state index in [9.17, 15) is 13.2 Å². The highest BCUT2D eigenvalue weighted by molar-refractivity contribution is 7.90. The Hall–Kier alpha value is -2.64. The van der Waals surface area contributed by atoms with Gasteiger partial charge in [0.2, 0.25) is 5.91 Å². The van der Waals surface area contributed by atoms with Crippen molar-refractivity contribution in [3.05, 3.63) is 65.9 Å². The highest BCUT2D eigenvalue weighted by Gasteiger charge is 2.22. The van der Waals surface area contributed by atoms with Gasteiger partial charge in [-0.25, -0.2) is 8.42 Å². The fourth-order valence-electron chi connectivity index (χ4n) is 3.08. The number of benzene rings is 2. The molecule has 2 aromatic carbocycles. The Morgan fingerprint density at radius 1 is 1.11 bits per heavy atom. The maximum Gasteiger partial charge on any atom is 0.240 e. The molecule has 1 amide bonds.